The summed E-state index contributed by atoms with van der Waals surface area (Å²) in [5.74, 6) is -0.250. The summed E-state index contributed by atoms with van der Waals surface area (Å²) in [5.41, 5.74) is 0.440. The Morgan fingerprint density at radius 2 is 2.17 bits per heavy atom. The van der Waals surface area contributed by atoms with E-state index in [2.05, 4.69) is 10.3 Å². The third-order valence-corrected chi connectivity index (χ3v) is 5.10. The summed E-state index contributed by atoms with van der Waals surface area (Å²) in [6.45, 7) is 2.09. The van der Waals surface area contributed by atoms with Gasteiger partial charge in [-0.15, -0.1) is 0 Å². The Kier molecular flexibility index (Phi) is 5.29. The molecule has 0 spiro atoms. The average molecular weight is 414 g/mol. The molecule has 1 aliphatic carbocycles. The van der Waals surface area contributed by atoms with Crippen molar-refractivity contribution in [2.75, 3.05) is 13.7 Å². The predicted molar refractivity (Wildman–Crippen MR) is 108 cm³/mol. The van der Waals surface area contributed by atoms with E-state index in [0.29, 0.717) is 23.9 Å². The number of rotatable bonds is 7. The molecule has 8 nitrogen and oxygen atoms in total. The summed E-state index contributed by atoms with van der Waals surface area (Å²) >= 11 is 0. The maximum Gasteiger partial charge on any atom is 0.294 e. The van der Waals surface area contributed by atoms with E-state index in [4.69, 9.17) is 4.74 Å². The number of carbonyl (C=O) groups excluding carboxylic acids is 1. The molecule has 1 amide bonds. The summed E-state index contributed by atoms with van der Waals surface area (Å²) in [4.78, 5) is 29.7. The molecule has 1 aromatic carbocycles. The van der Waals surface area contributed by atoms with Gasteiger partial charge in [0.15, 0.2) is 0 Å². The molecule has 0 unspecified atom stereocenters. The standard InChI is InChI=1S/C21H23FN4O4/c1-12(27)8-23-20(28)17-10-25-11-18(15-6-5-14(30-2)7-16(15)22)26(9-13-3-4-13)21(29)19(25)24-17/h5-7,10-13,27H,3-4,8-9H2,1-2H3,(H,23,28)/t12-/m1/s1. The molecule has 1 saturated carbocycles. The first-order chi connectivity index (χ1) is 14.4. The number of amides is 1. The molecule has 2 heterocycles. The van der Waals surface area contributed by atoms with Gasteiger partial charge in [0.2, 0.25) is 5.65 Å². The summed E-state index contributed by atoms with van der Waals surface area (Å²) in [5, 5.41) is 11.9. The lowest BCUT2D eigenvalue weighted by molar-refractivity contribution is 0.0919. The molecule has 0 bridgehead atoms. The van der Waals surface area contributed by atoms with Crippen molar-refractivity contribution in [1.82, 2.24) is 19.3 Å². The van der Waals surface area contributed by atoms with Crippen molar-refractivity contribution < 1.29 is 19.0 Å². The highest BCUT2D eigenvalue weighted by molar-refractivity contribution is 5.92. The zero-order valence-electron chi connectivity index (χ0n) is 16.8. The van der Waals surface area contributed by atoms with Crippen molar-refractivity contribution in [2.24, 2.45) is 5.92 Å². The SMILES string of the molecule is COc1ccc(-c2cn3cc(C(=O)NC[C@@H](C)O)nc3c(=O)n2CC2CC2)c(F)c1. The minimum atomic E-state index is -0.702. The van der Waals surface area contributed by atoms with Gasteiger partial charge in [0.25, 0.3) is 11.5 Å². The number of fused-ring (bicyclic) bond motifs is 1. The van der Waals surface area contributed by atoms with Gasteiger partial charge in [-0.3, -0.25) is 14.0 Å². The minimum absolute atomic E-state index is 0.0538. The molecule has 0 aliphatic heterocycles. The second-order valence-corrected chi connectivity index (χ2v) is 7.64. The molecular formula is C21H23FN4O4. The Morgan fingerprint density at radius 3 is 2.80 bits per heavy atom. The van der Waals surface area contributed by atoms with Crippen LogP contribution in [0.2, 0.25) is 0 Å². The van der Waals surface area contributed by atoms with Crippen LogP contribution in [0.1, 0.15) is 30.3 Å². The van der Waals surface area contributed by atoms with E-state index in [0.717, 1.165) is 12.8 Å². The van der Waals surface area contributed by atoms with Gasteiger partial charge in [0.1, 0.15) is 17.3 Å². The Hall–Kier alpha value is -3.20. The van der Waals surface area contributed by atoms with Gasteiger partial charge in [-0.2, -0.15) is 0 Å². The first-order valence-corrected chi connectivity index (χ1v) is 9.80. The van der Waals surface area contributed by atoms with Crippen LogP contribution >= 0.6 is 0 Å². The molecule has 30 heavy (non-hydrogen) atoms. The van der Waals surface area contributed by atoms with E-state index in [9.17, 15) is 19.1 Å². The Morgan fingerprint density at radius 1 is 1.40 bits per heavy atom. The lowest BCUT2D eigenvalue weighted by Gasteiger charge is -2.14. The van der Waals surface area contributed by atoms with Crippen molar-refractivity contribution in [3.05, 3.63) is 52.5 Å². The van der Waals surface area contributed by atoms with E-state index < -0.39 is 17.8 Å². The summed E-state index contributed by atoms with van der Waals surface area (Å²) in [7, 11) is 1.46. The number of methoxy groups -OCH3 is 1. The Labute approximate surface area is 171 Å². The second kappa shape index (κ2) is 7.91. The molecule has 2 N–H and O–H groups in total. The first kappa shape index (κ1) is 20.1. The normalized spacial score (nSPS) is 14.7. The highest BCUT2D eigenvalue weighted by atomic mass is 19.1. The molecule has 9 heteroatoms. The summed E-state index contributed by atoms with van der Waals surface area (Å²) < 4.78 is 22.8. The Balaban J connectivity index is 1.82. The number of aliphatic hydroxyl groups is 1. The first-order valence-electron chi connectivity index (χ1n) is 9.80. The van der Waals surface area contributed by atoms with E-state index in [1.165, 1.54) is 28.3 Å². The quantitative estimate of drug-likeness (QED) is 0.615. The number of carbonyl (C=O) groups is 1. The molecule has 4 rings (SSSR count). The number of aromatic nitrogens is 3. The fraction of sp³-hybridized carbons (Fsp3) is 0.381. The number of hydrogen-bond acceptors (Lipinski definition) is 5. The van der Waals surface area contributed by atoms with E-state index in [1.807, 2.05) is 0 Å². The maximum absolute atomic E-state index is 14.8. The van der Waals surface area contributed by atoms with Crippen molar-refractivity contribution in [3.8, 4) is 17.0 Å². The third-order valence-electron chi connectivity index (χ3n) is 5.10. The monoisotopic (exact) mass is 414 g/mol. The third kappa shape index (κ3) is 3.93. The summed E-state index contributed by atoms with van der Waals surface area (Å²) in [6, 6.07) is 4.48. The number of hydrogen-bond donors (Lipinski definition) is 2. The molecule has 158 valence electrons. The van der Waals surface area contributed by atoms with Gasteiger partial charge < -0.3 is 19.7 Å². The van der Waals surface area contributed by atoms with Crippen LogP contribution in [0.4, 0.5) is 4.39 Å². The van der Waals surface area contributed by atoms with Crippen LogP contribution in [0.25, 0.3) is 16.9 Å². The van der Waals surface area contributed by atoms with Crippen molar-refractivity contribution >= 4 is 11.6 Å². The van der Waals surface area contributed by atoms with Crippen LogP contribution in [0, 0.1) is 11.7 Å². The second-order valence-electron chi connectivity index (χ2n) is 7.64. The van der Waals surface area contributed by atoms with Gasteiger partial charge in [0.05, 0.1) is 18.9 Å². The molecule has 2 aromatic heterocycles. The van der Waals surface area contributed by atoms with E-state index in [-0.39, 0.29) is 29.0 Å². The van der Waals surface area contributed by atoms with E-state index >= 15 is 0 Å². The van der Waals surface area contributed by atoms with Gasteiger partial charge in [0, 0.05) is 37.1 Å². The van der Waals surface area contributed by atoms with Gasteiger partial charge in [-0.25, -0.2) is 9.37 Å². The number of halogens is 1. The minimum Gasteiger partial charge on any atom is -0.497 e. The molecule has 0 saturated heterocycles. The van der Waals surface area contributed by atoms with Gasteiger partial charge >= 0.3 is 0 Å². The van der Waals surface area contributed by atoms with Gasteiger partial charge in [-0.1, -0.05) is 0 Å². The highest BCUT2D eigenvalue weighted by Gasteiger charge is 2.26. The summed E-state index contributed by atoms with van der Waals surface area (Å²) in [6.07, 6.45) is 4.38. The number of ether oxygens (including phenoxy) is 1. The number of imidazole rings is 1. The van der Waals surface area contributed by atoms with E-state index in [1.54, 1.807) is 25.3 Å². The molecule has 3 aromatic rings. The molecule has 1 atom stereocenters. The molecule has 1 aliphatic rings. The average Bonchev–Trinajstić information content (AvgIpc) is 3.43. The fourth-order valence-corrected chi connectivity index (χ4v) is 3.31. The van der Waals surface area contributed by atoms with Crippen LogP contribution in [0.15, 0.2) is 35.4 Å². The van der Waals surface area contributed by atoms with Crippen molar-refractivity contribution in [2.45, 2.75) is 32.4 Å². The lowest BCUT2D eigenvalue weighted by Crippen LogP contribution is -2.30. The highest BCUT2D eigenvalue weighted by Crippen LogP contribution is 2.33. The van der Waals surface area contributed by atoms with Crippen LogP contribution < -0.4 is 15.6 Å². The van der Waals surface area contributed by atoms with Crippen molar-refractivity contribution in [3.63, 3.8) is 0 Å². The van der Waals surface area contributed by atoms with Crippen LogP contribution in [0.3, 0.4) is 0 Å². The topological polar surface area (TPSA) is 97.9 Å². The zero-order valence-corrected chi connectivity index (χ0v) is 16.8. The zero-order chi connectivity index (χ0) is 21.4. The Bertz CT molecular complexity index is 1160. The smallest absolute Gasteiger partial charge is 0.294 e. The fourth-order valence-electron chi connectivity index (χ4n) is 3.31. The number of nitrogens with one attached hydrogen (secondary N) is 1. The number of aliphatic hydroxyl groups excluding tert-OH is 1. The van der Waals surface area contributed by atoms with Crippen LogP contribution in [-0.2, 0) is 6.54 Å². The maximum atomic E-state index is 14.8. The molecule has 0 radical (unpaired) electrons. The molecule has 1 fully saturated rings. The number of benzene rings is 1. The van der Waals surface area contributed by atoms with Crippen LogP contribution in [-0.4, -0.2) is 44.7 Å². The lowest BCUT2D eigenvalue weighted by atomic mass is 10.1. The largest absolute Gasteiger partial charge is 0.497 e. The number of nitrogens with zero attached hydrogens (tertiary/aromatic N) is 3. The van der Waals surface area contributed by atoms with Gasteiger partial charge in [-0.05, 0) is 37.8 Å². The van der Waals surface area contributed by atoms with Crippen molar-refractivity contribution in [1.29, 1.82) is 0 Å². The predicted octanol–water partition coefficient (Wildman–Crippen LogP) is 1.83. The molecular weight excluding hydrogens is 391 g/mol. The van der Waals surface area contributed by atoms with Crippen LogP contribution in [0.5, 0.6) is 5.75 Å².